The molecule has 3 aromatic rings. The second-order valence-electron chi connectivity index (χ2n) is 7.10. The lowest BCUT2D eigenvalue weighted by Crippen LogP contribution is -2.49. The molecule has 0 saturated carbocycles. The number of amides is 1. The largest absolute Gasteiger partial charge is 0.497 e. The molecule has 156 valence electrons. The van der Waals surface area contributed by atoms with Crippen LogP contribution in [0.3, 0.4) is 0 Å². The van der Waals surface area contributed by atoms with Crippen LogP contribution < -0.4 is 9.64 Å². The summed E-state index contributed by atoms with van der Waals surface area (Å²) in [7, 11) is 1.66. The number of methoxy groups -OCH3 is 1. The number of rotatable bonds is 6. The van der Waals surface area contributed by atoms with E-state index >= 15 is 0 Å². The second-order valence-corrected chi connectivity index (χ2v) is 8.02. The first-order valence-electron chi connectivity index (χ1n) is 9.82. The van der Waals surface area contributed by atoms with Crippen molar-refractivity contribution in [2.45, 2.75) is 12.1 Å². The molecule has 2 aromatic carbocycles. The minimum atomic E-state index is 0.0877. The Labute approximate surface area is 180 Å². The van der Waals surface area contributed by atoms with Crippen LogP contribution in [0.5, 0.6) is 5.75 Å². The van der Waals surface area contributed by atoms with Gasteiger partial charge in [-0.3, -0.25) is 4.79 Å². The van der Waals surface area contributed by atoms with Gasteiger partial charge < -0.3 is 19.0 Å². The highest BCUT2D eigenvalue weighted by Crippen LogP contribution is 2.25. The van der Waals surface area contributed by atoms with Crippen LogP contribution in [0.15, 0.2) is 58.2 Å². The van der Waals surface area contributed by atoms with E-state index in [-0.39, 0.29) is 11.7 Å². The number of aromatic nitrogens is 2. The van der Waals surface area contributed by atoms with Gasteiger partial charge >= 0.3 is 0 Å². The van der Waals surface area contributed by atoms with Crippen molar-refractivity contribution in [1.29, 1.82) is 0 Å². The van der Waals surface area contributed by atoms with E-state index in [2.05, 4.69) is 15.1 Å². The molecule has 8 heteroatoms. The van der Waals surface area contributed by atoms with Crippen LogP contribution in [-0.4, -0.2) is 60.0 Å². The zero-order chi connectivity index (χ0) is 20.9. The molecular weight excluding hydrogens is 400 g/mol. The Hall–Kier alpha value is -3.00. The Morgan fingerprint density at radius 3 is 2.57 bits per heavy atom. The van der Waals surface area contributed by atoms with Gasteiger partial charge in [0.2, 0.25) is 11.8 Å². The van der Waals surface area contributed by atoms with Crippen molar-refractivity contribution in [2.75, 3.05) is 43.9 Å². The fraction of sp³-hybridized carbons (Fsp3) is 0.318. The van der Waals surface area contributed by atoms with Crippen molar-refractivity contribution in [3.05, 3.63) is 54.1 Å². The molecule has 0 N–H and O–H groups in total. The summed E-state index contributed by atoms with van der Waals surface area (Å²) in [6, 6.07) is 15.9. The van der Waals surface area contributed by atoms with Gasteiger partial charge in [0.25, 0.3) is 5.22 Å². The smallest absolute Gasteiger partial charge is 0.277 e. The monoisotopic (exact) mass is 424 g/mol. The van der Waals surface area contributed by atoms with E-state index in [1.165, 1.54) is 11.8 Å². The first-order chi connectivity index (χ1) is 14.6. The van der Waals surface area contributed by atoms with Crippen LogP contribution >= 0.6 is 11.8 Å². The molecule has 7 nitrogen and oxygen atoms in total. The van der Waals surface area contributed by atoms with Gasteiger partial charge in [-0.15, -0.1) is 10.2 Å². The molecule has 30 heavy (non-hydrogen) atoms. The number of nitrogens with zero attached hydrogens (tertiary/aromatic N) is 4. The van der Waals surface area contributed by atoms with Crippen molar-refractivity contribution < 1.29 is 13.9 Å². The number of thioether (sulfide) groups is 1. The molecule has 1 aliphatic heterocycles. The number of anilines is 1. The molecule has 0 bridgehead atoms. The van der Waals surface area contributed by atoms with Gasteiger partial charge in [-0.2, -0.15) is 0 Å². The van der Waals surface area contributed by atoms with Crippen molar-refractivity contribution >= 4 is 23.4 Å². The maximum Gasteiger partial charge on any atom is 0.277 e. The van der Waals surface area contributed by atoms with E-state index in [0.29, 0.717) is 24.2 Å². The average Bonchev–Trinajstić information content (AvgIpc) is 3.27. The minimum absolute atomic E-state index is 0.0877. The van der Waals surface area contributed by atoms with Crippen LogP contribution in [-0.2, 0) is 4.79 Å². The maximum atomic E-state index is 12.6. The molecule has 1 amide bonds. The molecule has 0 radical (unpaired) electrons. The third-order valence-electron chi connectivity index (χ3n) is 5.06. The number of aryl methyl sites for hydroxylation is 1. The molecule has 0 unspecified atom stereocenters. The van der Waals surface area contributed by atoms with E-state index < -0.39 is 0 Å². The first kappa shape index (κ1) is 20.3. The summed E-state index contributed by atoms with van der Waals surface area (Å²) in [6.07, 6.45) is 0. The maximum absolute atomic E-state index is 12.6. The summed E-state index contributed by atoms with van der Waals surface area (Å²) in [5.74, 6) is 1.69. The number of ether oxygens (including phenoxy) is 1. The Bertz CT molecular complexity index is 998. The summed E-state index contributed by atoms with van der Waals surface area (Å²) in [5.41, 5.74) is 3.16. The Kier molecular flexibility index (Phi) is 6.23. The molecule has 1 aromatic heterocycles. The van der Waals surface area contributed by atoms with Gasteiger partial charge in [-0.25, -0.2) is 0 Å². The zero-order valence-corrected chi connectivity index (χ0v) is 17.9. The van der Waals surface area contributed by atoms with E-state index in [1.54, 1.807) is 7.11 Å². The lowest BCUT2D eigenvalue weighted by Gasteiger charge is -2.36. The summed E-state index contributed by atoms with van der Waals surface area (Å²) in [6.45, 7) is 5.03. The fourth-order valence-electron chi connectivity index (χ4n) is 3.38. The van der Waals surface area contributed by atoms with Crippen LogP contribution in [0.2, 0.25) is 0 Å². The van der Waals surface area contributed by atoms with Crippen LogP contribution in [0.1, 0.15) is 5.56 Å². The molecule has 0 atom stereocenters. The van der Waals surface area contributed by atoms with Gasteiger partial charge in [0.1, 0.15) is 5.75 Å². The number of carbonyl (C=O) groups is 1. The van der Waals surface area contributed by atoms with Crippen LogP contribution in [0.4, 0.5) is 5.69 Å². The van der Waals surface area contributed by atoms with E-state index in [4.69, 9.17) is 9.15 Å². The predicted octanol–water partition coefficient (Wildman–Crippen LogP) is 3.49. The lowest BCUT2D eigenvalue weighted by molar-refractivity contribution is -0.128. The van der Waals surface area contributed by atoms with Crippen molar-refractivity contribution in [3.63, 3.8) is 0 Å². The minimum Gasteiger partial charge on any atom is -0.497 e. The standard InChI is InChI=1S/C22H24N4O3S/c1-16-4-3-5-17(14-16)21-23-24-22(29-21)30-15-20(27)26-12-10-25(11-13-26)18-6-8-19(28-2)9-7-18/h3-9,14H,10-13,15H2,1-2H3. The number of hydrogen-bond acceptors (Lipinski definition) is 7. The Morgan fingerprint density at radius 2 is 1.87 bits per heavy atom. The quantitative estimate of drug-likeness (QED) is 0.561. The Balaban J connectivity index is 1.27. The van der Waals surface area contributed by atoms with Gasteiger partial charge in [0.05, 0.1) is 12.9 Å². The van der Waals surface area contributed by atoms with E-state index in [1.807, 2.05) is 60.4 Å². The highest BCUT2D eigenvalue weighted by Gasteiger charge is 2.22. The Morgan fingerprint density at radius 1 is 1.10 bits per heavy atom. The molecule has 2 heterocycles. The number of carbonyl (C=O) groups excluding carboxylic acids is 1. The van der Waals surface area contributed by atoms with Gasteiger partial charge in [-0.1, -0.05) is 29.5 Å². The molecular formula is C22H24N4O3S. The molecule has 1 fully saturated rings. The molecule has 1 aliphatic rings. The number of benzene rings is 2. The van der Waals surface area contributed by atoms with Gasteiger partial charge in [0, 0.05) is 37.4 Å². The van der Waals surface area contributed by atoms with Crippen molar-refractivity contribution in [2.24, 2.45) is 0 Å². The fourth-order valence-corrected chi connectivity index (χ4v) is 4.05. The third-order valence-corrected chi connectivity index (χ3v) is 5.86. The van der Waals surface area contributed by atoms with Gasteiger partial charge in [0.15, 0.2) is 0 Å². The van der Waals surface area contributed by atoms with Crippen molar-refractivity contribution in [3.8, 4) is 17.2 Å². The van der Waals surface area contributed by atoms with Crippen LogP contribution in [0, 0.1) is 6.92 Å². The predicted molar refractivity (Wildman–Crippen MR) is 117 cm³/mol. The lowest BCUT2D eigenvalue weighted by atomic mass is 10.1. The summed E-state index contributed by atoms with van der Waals surface area (Å²) in [5, 5.41) is 8.57. The highest BCUT2D eigenvalue weighted by molar-refractivity contribution is 7.99. The zero-order valence-electron chi connectivity index (χ0n) is 17.1. The third kappa shape index (κ3) is 4.76. The highest BCUT2D eigenvalue weighted by atomic mass is 32.2. The van der Waals surface area contributed by atoms with Crippen molar-refractivity contribution in [1.82, 2.24) is 15.1 Å². The number of piperazine rings is 1. The summed E-state index contributed by atoms with van der Waals surface area (Å²) >= 11 is 1.28. The first-order valence-corrected chi connectivity index (χ1v) is 10.8. The molecule has 1 saturated heterocycles. The number of hydrogen-bond donors (Lipinski definition) is 0. The second kappa shape index (κ2) is 9.21. The molecule has 4 rings (SSSR count). The SMILES string of the molecule is COc1ccc(N2CCN(C(=O)CSc3nnc(-c4cccc(C)c4)o3)CC2)cc1. The molecule has 0 aliphatic carbocycles. The van der Waals surface area contributed by atoms with Gasteiger partial charge in [-0.05, 0) is 43.3 Å². The molecule has 0 spiro atoms. The van der Waals surface area contributed by atoms with E-state index in [9.17, 15) is 4.79 Å². The normalized spacial score (nSPS) is 14.1. The van der Waals surface area contributed by atoms with E-state index in [0.717, 1.165) is 35.7 Å². The summed E-state index contributed by atoms with van der Waals surface area (Å²) in [4.78, 5) is 16.8. The van der Waals surface area contributed by atoms with Crippen LogP contribution in [0.25, 0.3) is 11.5 Å². The average molecular weight is 425 g/mol. The summed E-state index contributed by atoms with van der Waals surface area (Å²) < 4.78 is 10.9. The topological polar surface area (TPSA) is 71.7 Å².